The summed E-state index contributed by atoms with van der Waals surface area (Å²) in [5.41, 5.74) is 5.65. The fourth-order valence-electron chi connectivity index (χ4n) is 2.53. The van der Waals surface area contributed by atoms with E-state index in [2.05, 4.69) is 5.32 Å². The van der Waals surface area contributed by atoms with Crippen LogP contribution in [0.5, 0.6) is 0 Å². The molecule has 1 heterocycles. The SMILES string of the molecule is CCCC(C)(N)C(=O)NC1CS(=O)(=O)c2ccccc21.Cl. The van der Waals surface area contributed by atoms with Gasteiger partial charge >= 0.3 is 0 Å². The van der Waals surface area contributed by atoms with Gasteiger partial charge in [-0.2, -0.15) is 0 Å². The summed E-state index contributed by atoms with van der Waals surface area (Å²) in [6, 6.07) is 6.25. The lowest BCUT2D eigenvalue weighted by Gasteiger charge is -2.25. The number of benzene rings is 1. The maximum Gasteiger partial charge on any atom is 0.240 e. The lowest BCUT2D eigenvalue weighted by atomic mass is 9.95. The molecule has 0 fully saturated rings. The van der Waals surface area contributed by atoms with Crippen LogP contribution in [-0.2, 0) is 14.6 Å². The second-order valence-electron chi connectivity index (χ2n) is 5.51. The molecule has 1 amide bonds. The van der Waals surface area contributed by atoms with Gasteiger partial charge in [0.1, 0.15) is 0 Å². The molecule has 2 atom stereocenters. The van der Waals surface area contributed by atoms with Gasteiger partial charge in [0.2, 0.25) is 5.91 Å². The highest BCUT2D eigenvalue weighted by Crippen LogP contribution is 2.33. The molecule has 1 aromatic rings. The van der Waals surface area contributed by atoms with Gasteiger partial charge in [-0.3, -0.25) is 4.79 Å². The van der Waals surface area contributed by atoms with E-state index in [4.69, 9.17) is 5.73 Å². The molecule has 1 aliphatic heterocycles. The van der Waals surface area contributed by atoms with Crippen molar-refractivity contribution in [2.75, 3.05) is 5.75 Å². The van der Waals surface area contributed by atoms with Crippen LogP contribution in [0.3, 0.4) is 0 Å². The molecule has 5 nitrogen and oxygen atoms in total. The summed E-state index contributed by atoms with van der Waals surface area (Å²) >= 11 is 0. The van der Waals surface area contributed by atoms with Gasteiger partial charge in [0.15, 0.2) is 9.84 Å². The van der Waals surface area contributed by atoms with Crippen LogP contribution < -0.4 is 11.1 Å². The molecule has 2 unspecified atom stereocenters. The van der Waals surface area contributed by atoms with Crippen molar-refractivity contribution in [3.8, 4) is 0 Å². The highest BCUT2D eigenvalue weighted by Gasteiger charge is 2.37. The molecular formula is C14H21ClN2O3S. The molecule has 0 saturated carbocycles. The van der Waals surface area contributed by atoms with Crippen LogP contribution >= 0.6 is 12.4 Å². The number of amides is 1. The molecule has 0 radical (unpaired) electrons. The number of rotatable bonds is 4. The minimum Gasteiger partial charge on any atom is -0.347 e. The van der Waals surface area contributed by atoms with E-state index in [1.807, 2.05) is 6.92 Å². The molecule has 0 spiro atoms. The predicted molar refractivity (Wildman–Crippen MR) is 84.1 cm³/mol. The Labute approximate surface area is 131 Å². The molecule has 3 N–H and O–H groups in total. The van der Waals surface area contributed by atoms with Crippen LogP contribution in [0.1, 0.15) is 38.3 Å². The highest BCUT2D eigenvalue weighted by molar-refractivity contribution is 7.91. The van der Waals surface area contributed by atoms with Gasteiger partial charge in [0.25, 0.3) is 0 Å². The van der Waals surface area contributed by atoms with Gasteiger partial charge < -0.3 is 11.1 Å². The first-order valence-corrected chi connectivity index (χ1v) is 8.34. The van der Waals surface area contributed by atoms with Crippen molar-refractivity contribution >= 4 is 28.2 Å². The van der Waals surface area contributed by atoms with Crippen LogP contribution in [0.2, 0.25) is 0 Å². The molecule has 0 bridgehead atoms. The average molecular weight is 333 g/mol. The van der Waals surface area contributed by atoms with Crippen molar-refractivity contribution in [2.45, 2.75) is 43.2 Å². The van der Waals surface area contributed by atoms with Crippen LogP contribution in [0.4, 0.5) is 0 Å². The van der Waals surface area contributed by atoms with Crippen molar-refractivity contribution in [2.24, 2.45) is 5.73 Å². The number of fused-ring (bicyclic) bond motifs is 1. The summed E-state index contributed by atoms with van der Waals surface area (Å²) in [5.74, 6) is -0.406. The maximum absolute atomic E-state index is 12.2. The third-order valence-electron chi connectivity index (χ3n) is 3.61. The molecule has 1 aromatic carbocycles. The Balaban J connectivity index is 0.00000220. The first-order valence-electron chi connectivity index (χ1n) is 6.69. The second-order valence-corrected chi connectivity index (χ2v) is 7.52. The zero-order valence-electron chi connectivity index (χ0n) is 12.1. The molecule has 0 saturated heterocycles. The lowest BCUT2D eigenvalue weighted by molar-refractivity contribution is -0.126. The van der Waals surface area contributed by atoms with E-state index in [1.165, 1.54) is 0 Å². The van der Waals surface area contributed by atoms with Gasteiger partial charge in [-0.25, -0.2) is 8.42 Å². The minimum atomic E-state index is -3.31. The first kappa shape index (κ1) is 17.9. The molecule has 7 heteroatoms. The summed E-state index contributed by atoms with van der Waals surface area (Å²) in [6.07, 6.45) is 1.35. The lowest BCUT2D eigenvalue weighted by Crippen LogP contribution is -2.52. The molecule has 1 aliphatic rings. The van der Waals surface area contributed by atoms with Crippen LogP contribution in [0.25, 0.3) is 0 Å². The van der Waals surface area contributed by atoms with Crippen molar-refractivity contribution < 1.29 is 13.2 Å². The van der Waals surface area contributed by atoms with Gasteiger partial charge in [0, 0.05) is 0 Å². The zero-order valence-corrected chi connectivity index (χ0v) is 13.8. The van der Waals surface area contributed by atoms with E-state index in [9.17, 15) is 13.2 Å². The normalized spacial score (nSPS) is 21.8. The zero-order chi connectivity index (χ0) is 15.0. The third-order valence-corrected chi connectivity index (χ3v) is 5.42. The first-order chi connectivity index (χ1) is 9.28. The Morgan fingerprint density at radius 2 is 2.05 bits per heavy atom. The molecule has 21 heavy (non-hydrogen) atoms. The Morgan fingerprint density at radius 3 is 2.67 bits per heavy atom. The maximum atomic E-state index is 12.2. The van der Waals surface area contributed by atoms with Crippen LogP contribution in [-0.4, -0.2) is 25.6 Å². The van der Waals surface area contributed by atoms with Crippen molar-refractivity contribution in [1.29, 1.82) is 0 Å². The quantitative estimate of drug-likeness (QED) is 0.875. The van der Waals surface area contributed by atoms with Crippen molar-refractivity contribution in [3.05, 3.63) is 29.8 Å². The Hall–Kier alpha value is -1.11. The van der Waals surface area contributed by atoms with Crippen molar-refractivity contribution in [3.63, 3.8) is 0 Å². The van der Waals surface area contributed by atoms with E-state index in [0.717, 1.165) is 6.42 Å². The Morgan fingerprint density at radius 1 is 1.43 bits per heavy atom. The Bertz CT molecular complexity index is 629. The number of sulfone groups is 1. The largest absolute Gasteiger partial charge is 0.347 e. The van der Waals surface area contributed by atoms with Gasteiger partial charge in [-0.05, 0) is 25.0 Å². The summed E-state index contributed by atoms with van der Waals surface area (Å²) in [5, 5.41) is 2.77. The van der Waals surface area contributed by atoms with E-state index in [-0.39, 0.29) is 24.1 Å². The average Bonchev–Trinajstić information content (AvgIpc) is 2.62. The number of halogens is 1. The van der Waals surface area contributed by atoms with Gasteiger partial charge in [-0.15, -0.1) is 12.4 Å². The third kappa shape index (κ3) is 3.56. The molecule has 0 aliphatic carbocycles. The Kier molecular flexibility index (Phi) is 5.41. The predicted octanol–water partition coefficient (Wildman–Crippen LogP) is 1.57. The fourth-order valence-corrected chi connectivity index (χ4v) is 4.26. The molecule has 2 rings (SSSR count). The van der Waals surface area contributed by atoms with E-state index < -0.39 is 21.4 Å². The van der Waals surface area contributed by atoms with Crippen LogP contribution in [0, 0.1) is 0 Å². The summed E-state index contributed by atoms with van der Waals surface area (Å²) in [6.45, 7) is 3.62. The number of hydrogen-bond acceptors (Lipinski definition) is 4. The monoisotopic (exact) mass is 332 g/mol. The highest BCUT2D eigenvalue weighted by atomic mass is 35.5. The molecule has 118 valence electrons. The van der Waals surface area contributed by atoms with Gasteiger partial charge in [-0.1, -0.05) is 31.5 Å². The number of carbonyl (C=O) groups excluding carboxylic acids is 1. The van der Waals surface area contributed by atoms with E-state index >= 15 is 0 Å². The van der Waals surface area contributed by atoms with Gasteiger partial charge in [0.05, 0.1) is 22.2 Å². The number of hydrogen-bond donors (Lipinski definition) is 2. The number of nitrogens with two attached hydrogens (primary N) is 1. The smallest absolute Gasteiger partial charge is 0.240 e. The summed E-state index contributed by atoms with van der Waals surface area (Å²) in [7, 11) is -3.31. The van der Waals surface area contributed by atoms with E-state index in [0.29, 0.717) is 16.9 Å². The topological polar surface area (TPSA) is 89.3 Å². The minimum absolute atomic E-state index is 0. The number of carbonyl (C=O) groups is 1. The second kappa shape index (κ2) is 6.34. The fraction of sp³-hybridized carbons (Fsp3) is 0.500. The molecular weight excluding hydrogens is 312 g/mol. The van der Waals surface area contributed by atoms with E-state index in [1.54, 1.807) is 31.2 Å². The van der Waals surface area contributed by atoms with Crippen molar-refractivity contribution in [1.82, 2.24) is 5.32 Å². The standard InChI is InChI=1S/C14H20N2O3S.ClH/c1-3-8-14(2,15)13(17)16-11-9-20(18,19)12-7-5-4-6-10(11)12;/h4-7,11H,3,8-9,15H2,1-2H3,(H,16,17);1H. The summed E-state index contributed by atoms with van der Waals surface area (Å²) in [4.78, 5) is 12.5. The molecule has 0 aromatic heterocycles. The summed E-state index contributed by atoms with van der Waals surface area (Å²) < 4.78 is 24.1. The number of nitrogens with one attached hydrogen (secondary N) is 1. The van der Waals surface area contributed by atoms with Crippen LogP contribution in [0.15, 0.2) is 29.2 Å².